The van der Waals surface area contributed by atoms with Crippen molar-refractivity contribution in [1.82, 2.24) is 0 Å². The number of rotatable bonds is 4. The van der Waals surface area contributed by atoms with Gasteiger partial charge in [-0.25, -0.2) is 4.39 Å². The van der Waals surface area contributed by atoms with Gasteiger partial charge in [-0.3, -0.25) is 0 Å². The van der Waals surface area contributed by atoms with E-state index in [-0.39, 0.29) is 17.3 Å². The molecule has 0 aromatic heterocycles. The second-order valence-corrected chi connectivity index (χ2v) is 6.82. The summed E-state index contributed by atoms with van der Waals surface area (Å²) in [7, 11) is 0. The largest absolute Gasteiger partial charge is 0.377 e. The lowest BCUT2D eigenvalue weighted by Gasteiger charge is -2.33. The van der Waals surface area contributed by atoms with Gasteiger partial charge in [-0.1, -0.05) is 12.1 Å². The van der Waals surface area contributed by atoms with E-state index in [2.05, 4.69) is 15.9 Å². The molecule has 0 spiro atoms. The van der Waals surface area contributed by atoms with Crippen LogP contribution < -0.4 is 0 Å². The first kappa shape index (κ1) is 13.8. The summed E-state index contributed by atoms with van der Waals surface area (Å²) in [6, 6.07) is 5.22. The van der Waals surface area contributed by atoms with Crippen LogP contribution >= 0.6 is 27.5 Å². The van der Waals surface area contributed by atoms with Crippen molar-refractivity contribution in [2.24, 2.45) is 11.3 Å². The lowest BCUT2D eigenvalue weighted by atomic mass is 9.76. The Kier molecular flexibility index (Phi) is 3.89. The minimum absolute atomic E-state index is 0.0287. The second kappa shape index (κ2) is 5.34. The molecule has 0 N–H and O–H groups in total. The number of alkyl halides is 1. The maximum Gasteiger partial charge on any atom is 0.137 e. The van der Waals surface area contributed by atoms with Crippen molar-refractivity contribution in [3.8, 4) is 0 Å². The Morgan fingerprint density at radius 2 is 2.21 bits per heavy atom. The number of ether oxygens (including phenoxy) is 1. The Labute approximate surface area is 126 Å². The summed E-state index contributed by atoms with van der Waals surface area (Å²) >= 11 is 9.64. The third-order valence-corrected chi connectivity index (χ3v) is 5.81. The van der Waals surface area contributed by atoms with Crippen molar-refractivity contribution in [2.45, 2.75) is 31.8 Å². The van der Waals surface area contributed by atoms with Gasteiger partial charge in [0.25, 0.3) is 0 Å². The molecule has 0 bridgehead atoms. The Bertz CT molecular complexity index is 477. The summed E-state index contributed by atoms with van der Waals surface area (Å²) in [5, 5.41) is 0. The Hall–Kier alpha value is -0.120. The summed E-state index contributed by atoms with van der Waals surface area (Å²) in [6.07, 6.45) is 4.50. The van der Waals surface area contributed by atoms with Gasteiger partial charge in [0.2, 0.25) is 0 Å². The molecule has 19 heavy (non-hydrogen) atoms. The first-order valence-electron chi connectivity index (χ1n) is 6.77. The molecule has 0 radical (unpaired) electrons. The molecule has 1 aliphatic carbocycles. The highest BCUT2D eigenvalue weighted by atomic mass is 79.9. The maximum absolute atomic E-state index is 13.6. The van der Waals surface area contributed by atoms with Crippen molar-refractivity contribution in [1.29, 1.82) is 0 Å². The molecule has 4 heteroatoms. The van der Waals surface area contributed by atoms with E-state index < -0.39 is 0 Å². The molecule has 2 unspecified atom stereocenters. The molecule has 1 heterocycles. The average Bonchev–Trinajstić information content (AvgIpc) is 3.17. The van der Waals surface area contributed by atoms with Crippen LogP contribution in [0.15, 0.2) is 22.7 Å². The molecular weight excluding hydrogens is 331 g/mol. The molecule has 104 valence electrons. The summed E-state index contributed by atoms with van der Waals surface area (Å²) in [5.41, 5.74) is 0.968. The minimum atomic E-state index is -0.205. The minimum Gasteiger partial charge on any atom is -0.377 e. The standard InChI is InChI=1S/C15H17BrClFO/c16-13-11(2-1-3-12(13)18)8-15(9-17)6-7-19-14(15)10-4-5-10/h1-3,10,14H,4-9H2. The first-order valence-corrected chi connectivity index (χ1v) is 8.09. The lowest BCUT2D eigenvalue weighted by molar-refractivity contribution is 0.0402. The van der Waals surface area contributed by atoms with Gasteiger partial charge in [0.1, 0.15) is 5.82 Å². The Morgan fingerprint density at radius 3 is 2.89 bits per heavy atom. The van der Waals surface area contributed by atoms with Gasteiger partial charge in [-0.15, -0.1) is 11.6 Å². The highest BCUT2D eigenvalue weighted by molar-refractivity contribution is 9.10. The highest BCUT2D eigenvalue weighted by Gasteiger charge is 2.50. The summed E-state index contributed by atoms with van der Waals surface area (Å²) < 4.78 is 20.1. The monoisotopic (exact) mass is 346 g/mol. The van der Waals surface area contributed by atoms with Crippen LogP contribution in [-0.4, -0.2) is 18.6 Å². The van der Waals surface area contributed by atoms with Crippen LogP contribution in [0.3, 0.4) is 0 Å². The molecule has 1 aromatic carbocycles. The van der Waals surface area contributed by atoms with Crippen LogP contribution in [0.4, 0.5) is 4.39 Å². The van der Waals surface area contributed by atoms with Crippen molar-refractivity contribution < 1.29 is 9.13 Å². The number of benzene rings is 1. The third kappa shape index (κ3) is 2.57. The fourth-order valence-electron chi connectivity index (χ4n) is 3.19. The summed E-state index contributed by atoms with van der Waals surface area (Å²) in [5.74, 6) is 1.04. The van der Waals surface area contributed by atoms with Crippen LogP contribution in [0.5, 0.6) is 0 Å². The normalized spacial score (nSPS) is 30.8. The van der Waals surface area contributed by atoms with Crippen LogP contribution in [-0.2, 0) is 11.2 Å². The van der Waals surface area contributed by atoms with Crippen molar-refractivity contribution in [2.75, 3.05) is 12.5 Å². The topological polar surface area (TPSA) is 9.23 Å². The zero-order valence-electron chi connectivity index (χ0n) is 10.7. The Morgan fingerprint density at radius 1 is 1.42 bits per heavy atom. The molecule has 2 aliphatic rings. The van der Waals surface area contributed by atoms with E-state index in [0.29, 0.717) is 16.3 Å². The smallest absolute Gasteiger partial charge is 0.137 e. The molecule has 1 nitrogen and oxygen atoms in total. The van der Waals surface area contributed by atoms with E-state index in [1.807, 2.05) is 6.07 Å². The van der Waals surface area contributed by atoms with Gasteiger partial charge in [0, 0.05) is 17.9 Å². The van der Waals surface area contributed by atoms with E-state index in [1.54, 1.807) is 6.07 Å². The van der Waals surface area contributed by atoms with Gasteiger partial charge in [0.05, 0.1) is 10.6 Å². The second-order valence-electron chi connectivity index (χ2n) is 5.76. The molecule has 1 aromatic rings. The van der Waals surface area contributed by atoms with Gasteiger partial charge in [0.15, 0.2) is 0 Å². The fraction of sp³-hybridized carbons (Fsp3) is 0.600. The maximum atomic E-state index is 13.6. The van der Waals surface area contributed by atoms with Crippen molar-refractivity contribution in [3.05, 3.63) is 34.1 Å². The molecular formula is C15H17BrClFO. The summed E-state index contributed by atoms with van der Waals surface area (Å²) in [6.45, 7) is 0.779. The summed E-state index contributed by atoms with van der Waals surface area (Å²) in [4.78, 5) is 0. The van der Waals surface area contributed by atoms with E-state index in [0.717, 1.165) is 25.0 Å². The predicted octanol–water partition coefficient (Wildman–Crippen LogP) is 4.55. The number of hydrogen-bond donors (Lipinski definition) is 0. The lowest BCUT2D eigenvalue weighted by Crippen LogP contribution is -2.36. The molecule has 1 saturated carbocycles. The van der Waals surface area contributed by atoms with E-state index in [1.165, 1.54) is 18.9 Å². The van der Waals surface area contributed by atoms with Gasteiger partial charge in [-0.2, -0.15) is 0 Å². The van der Waals surface area contributed by atoms with E-state index in [4.69, 9.17) is 16.3 Å². The predicted molar refractivity (Wildman–Crippen MR) is 78.0 cm³/mol. The van der Waals surface area contributed by atoms with Gasteiger partial charge < -0.3 is 4.74 Å². The molecule has 2 fully saturated rings. The van der Waals surface area contributed by atoms with Gasteiger partial charge in [-0.05, 0) is 59.2 Å². The van der Waals surface area contributed by atoms with E-state index >= 15 is 0 Å². The molecule has 1 aliphatic heterocycles. The zero-order chi connectivity index (χ0) is 13.5. The quantitative estimate of drug-likeness (QED) is 0.726. The Balaban J connectivity index is 1.88. The molecule has 0 amide bonds. The van der Waals surface area contributed by atoms with E-state index in [9.17, 15) is 4.39 Å². The average molecular weight is 348 g/mol. The van der Waals surface area contributed by atoms with Crippen LogP contribution in [0, 0.1) is 17.2 Å². The highest BCUT2D eigenvalue weighted by Crippen LogP contribution is 2.50. The fourth-order valence-corrected chi connectivity index (χ4v) is 3.97. The number of halogens is 3. The number of hydrogen-bond acceptors (Lipinski definition) is 1. The first-order chi connectivity index (χ1) is 9.16. The van der Waals surface area contributed by atoms with Crippen LogP contribution in [0.1, 0.15) is 24.8 Å². The third-order valence-electron chi connectivity index (χ3n) is 4.39. The molecule has 3 rings (SSSR count). The van der Waals surface area contributed by atoms with Crippen molar-refractivity contribution in [3.63, 3.8) is 0 Å². The SMILES string of the molecule is Fc1cccc(CC2(CCl)CCOC2C2CC2)c1Br. The van der Waals surface area contributed by atoms with Crippen molar-refractivity contribution >= 4 is 27.5 Å². The molecule has 1 saturated heterocycles. The molecule has 2 atom stereocenters. The van der Waals surface area contributed by atoms with Crippen LogP contribution in [0.25, 0.3) is 0 Å². The zero-order valence-corrected chi connectivity index (χ0v) is 13.0. The van der Waals surface area contributed by atoms with Crippen LogP contribution in [0.2, 0.25) is 0 Å². The van der Waals surface area contributed by atoms with Gasteiger partial charge >= 0.3 is 0 Å².